The van der Waals surface area contributed by atoms with E-state index in [1.54, 1.807) is 32.3 Å². The van der Waals surface area contributed by atoms with Crippen LogP contribution in [0.25, 0.3) is 10.2 Å². The Kier molecular flexibility index (Phi) is 4.59. The fraction of sp³-hybridized carbons (Fsp3) is 0.308. The molecule has 0 aliphatic heterocycles. The first-order valence-corrected chi connectivity index (χ1v) is 7.18. The van der Waals surface area contributed by atoms with Crippen LogP contribution in [0.15, 0.2) is 18.2 Å². The van der Waals surface area contributed by atoms with E-state index < -0.39 is 0 Å². The van der Waals surface area contributed by atoms with Gasteiger partial charge in [0, 0.05) is 32.7 Å². The number of urea groups is 1. The van der Waals surface area contributed by atoms with Gasteiger partial charge in [0.25, 0.3) is 5.91 Å². The monoisotopic (exact) mass is 307 g/mol. The summed E-state index contributed by atoms with van der Waals surface area (Å²) >= 11 is 1.34. The predicted molar refractivity (Wildman–Crippen MR) is 83.5 cm³/mol. The molecule has 3 amide bonds. The number of nitrogen functional groups attached to an aromatic ring is 1. The van der Waals surface area contributed by atoms with Crippen molar-refractivity contribution in [2.24, 2.45) is 0 Å². The van der Waals surface area contributed by atoms with Crippen LogP contribution in [-0.4, -0.2) is 49.0 Å². The maximum atomic E-state index is 12.0. The largest absolute Gasteiger partial charge is 0.375 e. The van der Waals surface area contributed by atoms with Gasteiger partial charge in [-0.3, -0.25) is 4.79 Å². The molecule has 0 aliphatic rings. The zero-order valence-electron chi connectivity index (χ0n) is 11.8. The molecule has 0 unspecified atom stereocenters. The van der Waals surface area contributed by atoms with Crippen LogP contribution in [0, 0.1) is 0 Å². The van der Waals surface area contributed by atoms with Gasteiger partial charge in [0.1, 0.15) is 0 Å². The molecule has 1 aromatic carbocycles. The number of thiazole rings is 1. The summed E-state index contributed by atoms with van der Waals surface area (Å²) < 4.78 is 0.876. The molecule has 0 fully saturated rings. The summed E-state index contributed by atoms with van der Waals surface area (Å²) in [6, 6.07) is 5.04. The van der Waals surface area contributed by atoms with Crippen LogP contribution in [0.1, 0.15) is 10.4 Å². The van der Waals surface area contributed by atoms with Crippen molar-refractivity contribution in [1.82, 2.24) is 20.5 Å². The van der Waals surface area contributed by atoms with E-state index in [2.05, 4.69) is 15.6 Å². The quantitative estimate of drug-likeness (QED) is 0.730. The molecule has 1 heterocycles. The average molecular weight is 307 g/mol. The minimum atomic E-state index is -0.192. The number of amides is 3. The van der Waals surface area contributed by atoms with Crippen molar-refractivity contribution < 1.29 is 9.59 Å². The summed E-state index contributed by atoms with van der Waals surface area (Å²) in [4.78, 5) is 28.9. The van der Waals surface area contributed by atoms with Gasteiger partial charge in [0.15, 0.2) is 5.13 Å². The Morgan fingerprint density at radius 3 is 2.71 bits per heavy atom. The maximum absolute atomic E-state index is 12.0. The van der Waals surface area contributed by atoms with Gasteiger partial charge in [0.2, 0.25) is 0 Å². The van der Waals surface area contributed by atoms with Crippen molar-refractivity contribution >= 4 is 38.6 Å². The van der Waals surface area contributed by atoms with Crippen molar-refractivity contribution in [2.75, 3.05) is 32.9 Å². The summed E-state index contributed by atoms with van der Waals surface area (Å²) in [5, 5.41) is 5.90. The Bertz CT molecular complexity index is 668. The molecule has 0 saturated heterocycles. The smallest absolute Gasteiger partial charge is 0.316 e. The Labute approximate surface area is 126 Å². The number of nitrogens with two attached hydrogens (primary N) is 1. The van der Waals surface area contributed by atoms with E-state index in [-0.39, 0.29) is 11.9 Å². The molecule has 0 aliphatic carbocycles. The summed E-state index contributed by atoms with van der Waals surface area (Å²) in [6.07, 6.45) is 0. The maximum Gasteiger partial charge on any atom is 0.316 e. The van der Waals surface area contributed by atoms with Crippen molar-refractivity contribution in [2.45, 2.75) is 0 Å². The van der Waals surface area contributed by atoms with Crippen molar-refractivity contribution in [3.8, 4) is 0 Å². The normalized spacial score (nSPS) is 10.4. The van der Waals surface area contributed by atoms with Crippen molar-refractivity contribution in [3.05, 3.63) is 23.8 Å². The van der Waals surface area contributed by atoms with Gasteiger partial charge >= 0.3 is 6.03 Å². The highest BCUT2D eigenvalue weighted by atomic mass is 32.1. The Morgan fingerprint density at radius 1 is 1.29 bits per heavy atom. The first-order valence-electron chi connectivity index (χ1n) is 6.37. The number of hydrogen-bond donors (Lipinski definition) is 3. The number of nitrogens with zero attached hydrogens (tertiary/aromatic N) is 2. The standard InChI is InChI=1S/C13H17N5O2S/c1-18(2)13(20)16-6-5-15-11(19)8-3-4-9-10(7-8)21-12(14)17-9/h3-4,7H,5-6H2,1-2H3,(H2,14,17)(H,15,19)(H,16,20). The number of carbonyl (C=O) groups excluding carboxylic acids is 2. The molecule has 4 N–H and O–H groups in total. The molecule has 0 spiro atoms. The van der Waals surface area contributed by atoms with Crippen LogP contribution in [0.2, 0.25) is 0 Å². The molecule has 2 rings (SSSR count). The zero-order chi connectivity index (χ0) is 15.4. The molecule has 7 nitrogen and oxygen atoms in total. The third-order valence-corrected chi connectivity index (χ3v) is 3.61. The number of rotatable bonds is 4. The fourth-order valence-electron chi connectivity index (χ4n) is 1.69. The van der Waals surface area contributed by atoms with Gasteiger partial charge in [0.05, 0.1) is 10.2 Å². The Morgan fingerprint density at radius 2 is 2.00 bits per heavy atom. The van der Waals surface area contributed by atoms with Gasteiger partial charge < -0.3 is 21.3 Å². The van der Waals surface area contributed by atoms with Crippen molar-refractivity contribution in [1.29, 1.82) is 0 Å². The lowest BCUT2D eigenvalue weighted by Crippen LogP contribution is -2.39. The predicted octanol–water partition coefficient (Wildman–Crippen LogP) is 0.880. The number of nitrogens with one attached hydrogen (secondary N) is 2. The molecule has 8 heteroatoms. The van der Waals surface area contributed by atoms with E-state index >= 15 is 0 Å². The second kappa shape index (κ2) is 6.40. The van der Waals surface area contributed by atoms with Crippen LogP contribution in [0.4, 0.5) is 9.93 Å². The van der Waals surface area contributed by atoms with Gasteiger partial charge in [-0.2, -0.15) is 0 Å². The number of hydrogen-bond acceptors (Lipinski definition) is 5. The average Bonchev–Trinajstić information content (AvgIpc) is 2.81. The van der Waals surface area contributed by atoms with E-state index in [4.69, 9.17) is 5.73 Å². The molecule has 2 aromatic rings. The minimum Gasteiger partial charge on any atom is -0.375 e. The van der Waals surface area contributed by atoms with Gasteiger partial charge in [-0.1, -0.05) is 11.3 Å². The molecule has 0 saturated carbocycles. The lowest BCUT2D eigenvalue weighted by Gasteiger charge is -2.12. The van der Waals surface area contributed by atoms with Crippen LogP contribution < -0.4 is 16.4 Å². The van der Waals surface area contributed by atoms with Gasteiger partial charge in [-0.25, -0.2) is 9.78 Å². The number of carbonyl (C=O) groups is 2. The number of aromatic nitrogens is 1. The molecule has 1 aromatic heterocycles. The fourth-order valence-corrected chi connectivity index (χ4v) is 2.46. The van der Waals surface area contributed by atoms with Crippen LogP contribution >= 0.6 is 11.3 Å². The third-order valence-electron chi connectivity index (χ3n) is 2.76. The van der Waals surface area contributed by atoms with Gasteiger partial charge in [-0.05, 0) is 18.2 Å². The summed E-state index contributed by atoms with van der Waals surface area (Å²) in [5.41, 5.74) is 6.96. The van der Waals surface area contributed by atoms with E-state index in [9.17, 15) is 9.59 Å². The summed E-state index contributed by atoms with van der Waals surface area (Å²) in [6.45, 7) is 0.736. The summed E-state index contributed by atoms with van der Waals surface area (Å²) in [7, 11) is 3.31. The van der Waals surface area contributed by atoms with Crippen LogP contribution in [-0.2, 0) is 0 Å². The molecule has 0 atom stereocenters. The Balaban J connectivity index is 1.88. The van der Waals surface area contributed by atoms with Gasteiger partial charge in [-0.15, -0.1) is 0 Å². The molecule has 0 bridgehead atoms. The molecular weight excluding hydrogens is 290 g/mol. The van der Waals surface area contributed by atoms with E-state index in [1.807, 2.05) is 0 Å². The van der Waals surface area contributed by atoms with Crippen LogP contribution in [0.5, 0.6) is 0 Å². The molecule has 112 valence electrons. The van der Waals surface area contributed by atoms with E-state index in [0.717, 1.165) is 10.2 Å². The summed E-state index contributed by atoms with van der Waals surface area (Å²) in [5.74, 6) is -0.192. The van der Waals surface area contributed by atoms with E-state index in [1.165, 1.54) is 16.2 Å². The third kappa shape index (κ3) is 3.82. The number of anilines is 1. The second-order valence-corrected chi connectivity index (χ2v) is 5.68. The minimum absolute atomic E-state index is 0.189. The lowest BCUT2D eigenvalue weighted by atomic mass is 10.2. The first kappa shape index (κ1) is 15.0. The van der Waals surface area contributed by atoms with E-state index in [0.29, 0.717) is 23.8 Å². The molecular formula is C13H17N5O2S. The number of fused-ring (bicyclic) bond motifs is 1. The second-order valence-electron chi connectivity index (χ2n) is 4.62. The Hall–Kier alpha value is -2.35. The zero-order valence-corrected chi connectivity index (χ0v) is 12.7. The molecule has 0 radical (unpaired) electrons. The van der Waals surface area contributed by atoms with Crippen LogP contribution in [0.3, 0.4) is 0 Å². The highest BCUT2D eigenvalue weighted by Gasteiger charge is 2.08. The highest BCUT2D eigenvalue weighted by Crippen LogP contribution is 2.24. The molecule has 21 heavy (non-hydrogen) atoms. The number of benzene rings is 1. The first-order chi connectivity index (χ1) is 9.97. The topological polar surface area (TPSA) is 100 Å². The SMILES string of the molecule is CN(C)C(=O)NCCNC(=O)c1ccc2nc(N)sc2c1. The lowest BCUT2D eigenvalue weighted by molar-refractivity contribution is 0.0954. The highest BCUT2D eigenvalue weighted by molar-refractivity contribution is 7.22. The van der Waals surface area contributed by atoms with Crippen molar-refractivity contribution in [3.63, 3.8) is 0 Å².